The highest BCUT2D eigenvalue weighted by atomic mass is 19.1. The molecule has 0 spiro atoms. The van der Waals surface area contributed by atoms with Gasteiger partial charge in [0.25, 0.3) is 5.91 Å². The van der Waals surface area contributed by atoms with E-state index < -0.39 is 35.2 Å². The van der Waals surface area contributed by atoms with Crippen LogP contribution in [0.2, 0.25) is 0 Å². The fourth-order valence-corrected chi connectivity index (χ4v) is 5.10. The molecular formula is C34H40F2N2O5. The Morgan fingerprint density at radius 2 is 1.65 bits per heavy atom. The quantitative estimate of drug-likeness (QED) is 0.268. The summed E-state index contributed by atoms with van der Waals surface area (Å²) >= 11 is 0. The van der Waals surface area contributed by atoms with E-state index in [9.17, 15) is 18.4 Å². The minimum absolute atomic E-state index is 0.0168. The van der Waals surface area contributed by atoms with Gasteiger partial charge in [0, 0.05) is 24.0 Å². The second-order valence-corrected chi connectivity index (χ2v) is 12.5. The van der Waals surface area contributed by atoms with Gasteiger partial charge in [-0.3, -0.25) is 9.59 Å². The number of anilines is 1. The van der Waals surface area contributed by atoms with Crippen molar-refractivity contribution in [2.75, 3.05) is 5.32 Å². The topological polar surface area (TPSA) is 78.8 Å². The van der Waals surface area contributed by atoms with Gasteiger partial charge in [-0.05, 0) is 107 Å². The molecule has 0 bridgehead atoms. The molecule has 1 aliphatic heterocycles. The van der Waals surface area contributed by atoms with Crippen LogP contribution in [-0.4, -0.2) is 40.0 Å². The standard InChI is InChI=1S/C34H40F2N2O5/c1-21(2)29-20-28(32(40)37-25-14-12-24(36)13-15-25)31(22-8-10-23(35)11-9-22)38(29)17-16-26-18-27(42-34(6,7)41-26)19-30(39)43-33(3,4)5/h8-17,20-21,26-27H,18-19H2,1-7H3,(H,37,40)/b17-16+/t26-,27-/m1/s1. The summed E-state index contributed by atoms with van der Waals surface area (Å²) in [6.45, 7) is 13.1. The van der Waals surface area contributed by atoms with Gasteiger partial charge in [0.2, 0.25) is 0 Å². The lowest BCUT2D eigenvalue weighted by atomic mass is 10.0. The zero-order valence-corrected chi connectivity index (χ0v) is 25.7. The first-order valence-electron chi connectivity index (χ1n) is 14.4. The lowest BCUT2D eigenvalue weighted by Crippen LogP contribution is -2.45. The number of hydrogen-bond acceptors (Lipinski definition) is 5. The van der Waals surface area contributed by atoms with Crippen LogP contribution in [0.3, 0.4) is 0 Å². The van der Waals surface area contributed by atoms with Crippen LogP contribution in [0.4, 0.5) is 14.5 Å². The fourth-order valence-electron chi connectivity index (χ4n) is 5.10. The molecule has 1 amide bonds. The second kappa shape index (κ2) is 12.8. The number of rotatable bonds is 8. The van der Waals surface area contributed by atoms with Gasteiger partial charge in [-0.1, -0.05) is 13.8 Å². The summed E-state index contributed by atoms with van der Waals surface area (Å²) in [5.41, 5.74) is 2.27. The number of esters is 1. The number of halogens is 2. The van der Waals surface area contributed by atoms with Gasteiger partial charge in [0.1, 0.15) is 17.2 Å². The first-order chi connectivity index (χ1) is 20.1. The summed E-state index contributed by atoms with van der Waals surface area (Å²) in [5, 5.41) is 2.84. The Kier molecular flexibility index (Phi) is 9.57. The van der Waals surface area contributed by atoms with Gasteiger partial charge in [-0.25, -0.2) is 8.78 Å². The Bertz CT molecular complexity index is 1470. The van der Waals surface area contributed by atoms with Crippen LogP contribution in [0.25, 0.3) is 17.5 Å². The van der Waals surface area contributed by atoms with Crippen LogP contribution in [-0.2, 0) is 19.0 Å². The van der Waals surface area contributed by atoms with Crippen LogP contribution >= 0.6 is 0 Å². The molecule has 0 saturated carbocycles. The Morgan fingerprint density at radius 1 is 1.05 bits per heavy atom. The molecule has 1 aliphatic rings. The maximum Gasteiger partial charge on any atom is 0.308 e. The molecule has 0 radical (unpaired) electrons. The number of ether oxygens (including phenoxy) is 3. The number of carbonyl (C=O) groups excluding carboxylic acids is 2. The molecular weight excluding hydrogens is 554 g/mol. The number of benzene rings is 2. The summed E-state index contributed by atoms with van der Waals surface area (Å²) in [4.78, 5) is 26.1. The number of nitrogens with one attached hydrogen (secondary N) is 1. The summed E-state index contributed by atoms with van der Waals surface area (Å²) in [6, 6.07) is 13.3. The third kappa shape index (κ3) is 8.61. The molecule has 4 rings (SSSR count). The molecule has 2 heterocycles. The molecule has 3 aromatic rings. The van der Waals surface area contributed by atoms with Gasteiger partial charge in [0.15, 0.2) is 5.79 Å². The summed E-state index contributed by atoms with van der Waals surface area (Å²) in [6.07, 6.45) is 3.41. The first kappa shape index (κ1) is 32.1. The SMILES string of the molecule is CC(C)c1cc(C(=O)Nc2ccc(F)cc2)c(-c2ccc(F)cc2)n1/C=C/[C@@H]1C[C@H](CC(=O)OC(C)(C)C)OC(C)(C)O1. The number of carbonyl (C=O) groups is 2. The second-order valence-electron chi connectivity index (χ2n) is 12.5. The van der Waals surface area contributed by atoms with E-state index in [1.807, 2.05) is 57.5 Å². The highest BCUT2D eigenvalue weighted by Gasteiger charge is 2.36. The van der Waals surface area contributed by atoms with E-state index in [1.54, 1.807) is 26.0 Å². The molecule has 1 saturated heterocycles. The normalized spacial score (nSPS) is 18.7. The zero-order chi connectivity index (χ0) is 31.5. The molecule has 0 aliphatic carbocycles. The predicted octanol–water partition coefficient (Wildman–Crippen LogP) is 7.92. The number of amides is 1. The van der Waals surface area contributed by atoms with Crippen molar-refractivity contribution in [3.8, 4) is 11.3 Å². The fraction of sp³-hybridized carbons (Fsp3) is 0.412. The van der Waals surface area contributed by atoms with Crippen molar-refractivity contribution in [3.63, 3.8) is 0 Å². The van der Waals surface area contributed by atoms with E-state index in [0.29, 0.717) is 28.9 Å². The number of aromatic nitrogens is 1. The van der Waals surface area contributed by atoms with E-state index in [-0.39, 0.29) is 24.2 Å². The minimum Gasteiger partial charge on any atom is -0.460 e. The molecule has 2 aromatic carbocycles. The molecule has 0 unspecified atom stereocenters. The van der Waals surface area contributed by atoms with Gasteiger partial charge >= 0.3 is 5.97 Å². The van der Waals surface area contributed by atoms with Crippen LogP contribution < -0.4 is 5.32 Å². The Balaban J connectivity index is 1.70. The summed E-state index contributed by atoms with van der Waals surface area (Å²) < 4.78 is 47.0. The van der Waals surface area contributed by atoms with Crippen molar-refractivity contribution in [3.05, 3.63) is 83.6 Å². The van der Waals surface area contributed by atoms with Crippen LogP contribution in [0.5, 0.6) is 0 Å². The predicted molar refractivity (Wildman–Crippen MR) is 163 cm³/mol. The minimum atomic E-state index is -0.947. The third-order valence-corrected chi connectivity index (χ3v) is 6.77. The zero-order valence-electron chi connectivity index (χ0n) is 25.7. The van der Waals surface area contributed by atoms with Crippen LogP contribution in [0.1, 0.15) is 83.3 Å². The largest absolute Gasteiger partial charge is 0.460 e. The van der Waals surface area contributed by atoms with Crippen molar-refractivity contribution in [1.29, 1.82) is 0 Å². The van der Waals surface area contributed by atoms with Crippen LogP contribution in [0.15, 0.2) is 60.7 Å². The molecule has 7 nitrogen and oxygen atoms in total. The van der Waals surface area contributed by atoms with Crippen molar-refractivity contribution in [2.45, 2.75) is 90.8 Å². The van der Waals surface area contributed by atoms with E-state index in [0.717, 1.165) is 5.69 Å². The summed E-state index contributed by atoms with van der Waals surface area (Å²) in [7, 11) is 0. The van der Waals surface area contributed by atoms with Crippen LogP contribution in [0, 0.1) is 11.6 Å². The first-order valence-corrected chi connectivity index (χ1v) is 14.4. The average molecular weight is 595 g/mol. The van der Waals surface area contributed by atoms with Gasteiger partial charge in [-0.2, -0.15) is 0 Å². The van der Waals surface area contributed by atoms with Gasteiger partial charge in [0.05, 0.1) is 29.9 Å². The van der Waals surface area contributed by atoms with E-state index in [4.69, 9.17) is 14.2 Å². The molecule has 230 valence electrons. The number of hydrogen-bond donors (Lipinski definition) is 1. The molecule has 1 aromatic heterocycles. The van der Waals surface area contributed by atoms with Gasteiger partial charge in [-0.15, -0.1) is 0 Å². The average Bonchev–Trinajstić information content (AvgIpc) is 3.27. The lowest BCUT2D eigenvalue weighted by Gasteiger charge is -2.39. The molecule has 9 heteroatoms. The van der Waals surface area contributed by atoms with E-state index >= 15 is 0 Å². The van der Waals surface area contributed by atoms with Crippen molar-refractivity contribution >= 4 is 23.8 Å². The van der Waals surface area contributed by atoms with Crippen molar-refractivity contribution in [2.24, 2.45) is 0 Å². The highest BCUT2D eigenvalue weighted by molar-refractivity contribution is 6.09. The van der Waals surface area contributed by atoms with Crippen molar-refractivity contribution < 1.29 is 32.6 Å². The molecule has 1 fully saturated rings. The van der Waals surface area contributed by atoms with E-state index in [2.05, 4.69) is 5.32 Å². The van der Waals surface area contributed by atoms with E-state index in [1.165, 1.54) is 36.4 Å². The Labute approximate surface area is 251 Å². The molecule has 1 N–H and O–H groups in total. The highest BCUT2D eigenvalue weighted by Crippen LogP contribution is 2.34. The summed E-state index contributed by atoms with van der Waals surface area (Å²) in [5.74, 6) is -2.47. The smallest absolute Gasteiger partial charge is 0.308 e. The third-order valence-electron chi connectivity index (χ3n) is 6.77. The Hall–Kier alpha value is -3.82. The van der Waals surface area contributed by atoms with Gasteiger partial charge < -0.3 is 24.1 Å². The van der Waals surface area contributed by atoms with Crippen molar-refractivity contribution in [1.82, 2.24) is 4.57 Å². The molecule has 2 atom stereocenters. The lowest BCUT2D eigenvalue weighted by molar-refractivity contribution is -0.290. The maximum absolute atomic E-state index is 13.9. The number of nitrogens with zero attached hydrogens (tertiary/aromatic N) is 1. The maximum atomic E-state index is 13.9. The molecule has 43 heavy (non-hydrogen) atoms. The Morgan fingerprint density at radius 3 is 2.23 bits per heavy atom. The monoisotopic (exact) mass is 594 g/mol.